The number of rotatable bonds is 13. The van der Waals surface area contributed by atoms with Gasteiger partial charge < -0.3 is 27.4 Å². The van der Waals surface area contributed by atoms with Crippen molar-refractivity contribution in [1.82, 2.24) is 20.8 Å². The van der Waals surface area contributed by atoms with Gasteiger partial charge in [-0.25, -0.2) is 0 Å². The summed E-state index contributed by atoms with van der Waals surface area (Å²) in [7, 11) is 0. The summed E-state index contributed by atoms with van der Waals surface area (Å²) >= 11 is 1.35. The number of aryl methyl sites for hydroxylation is 1. The number of unbranched alkanes of at least 4 members (excludes halogenated alkanes) is 1. The minimum absolute atomic E-state index is 0.146. The third kappa shape index (κ3) is 10.8. The molecule has 0 spiro atoms. The summed E-state index contributed by atoms with van der Waals surface area (Å²) in [6.07, 6.45) is 6.54. The Morgan fingerprint density at radius 1 is 0.949 bits per heavy atom. The largest absolute Gasteiger partial charge is 0.402 e. The molecule has 0 fully saturated rings. The number of allylic oxidation sites excluding steroid dienone is 3. The van der Waals surface area contributed by atoms with Gasteiger partial charge in [0, 0.05) is 31.1 Å². The molecule has 3 aromatic rings. The Hall–Kier alpha value is -4.51. The zero-order chi connectivity index (χ0) is 28.0. The van der Waals surface area contributed by atoms with Crippen molar-refractivity contribution >= 4 is 34.2 Å². The van der Waals surface area contributed by atoms with E-state index in [1.807, 2.05) is 42.5 Å². The number of nitrogens with two attached hydrogens (primary N) is 2. The fourth-order valence-electron chi connectivity index (χ4n) is 3.61. The maximum absolute atomic E-state index is 12.6. The normalized spacial score (nSPS) is 11.6. The van der Waals surface area contributed by atoms with Crippen molar-refractivity contribution in [3.8, 4) is 0 Å². The van der Waals surface area contributed by atoms with Crippen LogP contribution in [0, 0.1) is 0 Å². The van der Waals surface area contributed by atoms with Gasteiger partial charge in [-0.1, -0.05) is 53.8 Å². The van der Waals surface area contributed by atoms with Crippen LogP contribution in [-0.4, -0.2) is 27.9 Å². The lowest BCUT2D eigenvalue weighted by Gasteiger charge is -2.07. The number of amides is 3. The first kappa shape index (κ1) is 29.1. The fraction of sp³-hybridized carbons (Fsp3) is 0.250. The predicted octanol–water partition coefficient (Wildman–Crippen LogP) is 3.14. The molecule has 0 saturated carbocycles. The SMILES string of the molecule is CC(=O)N/C(N)=C/C=C(\N)CCCCc1nnc(NC(=O)Cc2cccc(CNC(=O)c3ccccc3)c2)s1. The van der Waals surface area contributed by atoms with Crippen LogP contribution in [0.1, 0.15) is 52.7 Å². The van der Waals surface area contributed by atoms with Gasteiger partial charge in [0.25, 0.3) is 5.91 Å². The summed E-state index contributed by atoms with van der Waals surface area (Å²) in [6, 6.07) is 16.6. The molecular formula is C28H33N7O3S. The van der Waals surface area contributed by atoms with Crippen LogP contribution >= 0.6 is 11.3 Å². The monoisotopic (exact) mass is 547 g/mol. The number of aromatic nitrogens is 2. The van der Waals surface area contributed by atoms with Crippen molar-refractivity contribution in [3.05, 3.63) is 100.0 Å². The summed E-state index contributed by atoms with van der Waals surface area (Å²) < 4.78 is 0. The van der Waals surface area contributed by atoms with Crippen LogP contribution in [0.15, 0.2) is 78.3 Å². The van der Waals surface area contributed by atoms with E-state index in [0.29, 0.717) is 29.4 Å². The number of nitrogens with zero attached hydrogens (tertiary/aromatic N) is 2. The van der Waals surface area contributed by atoms with E-state index in [2.05, 4.69) is 26.1 Å². The zero-order valence-electron chi connectivity index (χ0n) is 21.8. The van der Waals surface area contributed by atoms with Crippen molar-refractivity contribution in [2.24, 2.45) is 11.5 Å². The van der Waals surface area contributed by atoms with E-state index in [0.717, 1.165) is 35.4 Å². The molecule has 0 atom stereocenters. The number of hydrogen-bond donors (Lipinski definition) is 5. The van der Waals surface area contributed by atoms with Crippen LogP contribution in [0.2, 0.25) is 0 Å². The zero-order valence-corrected chi connectivity index (χ0v) is 22.6. The maximum atomic E-state index is 12.6. The quantitative estimate of drug-likeness (QED) is 0.162. The molecule has 10 nitrogen and oxygen atoms in total. The Morgan fingerprint density at radius 2 is 1.72 bits per heavy atom. The Balaban J connectivity index is 1.39. The van der Waals surface area contributed by atoms with Gasteiger partial charge in [0.2, 0.25) is 16.9 Å². The molecule has 3 rings (SSSR count). The first-order chi connectivity index (χ1) is 18.8. The molecule has 39 heavy (non-hydrogen) atoms. The molecule has 0 unspecified atom stereocenters. The smallest absolute Gasteiger partial charge is 0.251 e. The van der Waals surface area contributed by atoms with Crippen molar-refractivity contribution in [2.75, 3.05) is 5.32 Å². The highest BCUT2D eigenvalue weighted by atomic mass is 32.1. The first-order valence-electron chi connectivity index (χ1n) is 12.5. The van der Waals surface area contributed by atoms with Gasteiger partial charge in [0.15, 0.2) is 0 Å². The Morgan fingerprint density at radius 3 is 2.49 bits per heavy atom. The van der Waals surface area contributed by atoms with Crippen LogP contribution in [-0.2, 0) is 29.0 Å². The fourth-order valence-corrected chi connectivity index (χ4v) is 4.41. The van der Waals surface area contributed by atoms with Crippen molar-refractivity contribution in [2.45, 2.75) is 45.6 Å². The van der Waals surface area contributed by atoms with Crippen LogP contribution in [0.3, 0.4) is 0 Å². The van der Waals surface area contributed by atoms with Gasteiger partial charge >= 0.3 is 0 Å². The second kappa shape index (κ2) is 15.0. The third-order valence-electron chi connectivity index (χ3n) is 5.46. The standard InChI is InChI=1S/C28H33N7O3S/c1-19(36)32-24(30)15-14-23(29)12-5-6-13-26-34-35-28(39-26)33-25(37)17-20-8-7-9-21(16-20)18-31-27(38)22-10-3-2-4-11-22/h2-4,7-11,14-16H,5-6,12-13,17-18,29-30H2,1H3,(H,31,38)(H,32,36)(H,33,35,37)/b23-14-,24-15+. The first-order valence-corrected chi connectivity index (χ1v) is 13.3. The van der Waals surface area contributed by atoms with E-state index in [1.165, 1.54) is 18.3 Å². The third-order valence-corrected chi connectivity index (χ3v) is 6.36. The highest BCUT2D eigenvalue weighted by molar-refractivity contribution is 7.15. The molecule has 3 amide bonds. The molecule has 204 valence electrons. The van der Waals surface area contributed by atoms with Gasteiger partial charge in [-0.3, -0.25) is 14.4 Å². The second-order valence-corrected chi connectivity index (χ2v) is 9.91. The molecule has 1 aromatic heterocycles. The summed E-state index contributed by atoms with van der Waals surface area (Å²) in [4.78, 5) is 35.8. The molecule has 1 heterocycles. The molecule has 0 bridgehead atoms. The molecule has 0 aliphatic carbocycles. The van der Waals surface area contributed by atoms with E-state index in [9.17, 15) is 14.4 Å². The average molecular weight is 548 g/mol. The Labute approximate surface area is 231 Å². The topological polar surface area (TPSA) is 165 Å². The summed E-state index contributed by atoms with van der Waals surface area (Å²) in [5.41, 5.74) is 14.6. The highest BCUT2D eigenvalue weighted by Gasteiger charge is 2.10. The number of carbonyl (C=O) groups excluding carboxylic acids is 3. The summed E-state index contributed by atoms with van der Waals surface area (Å²) in [5, 5.41) is 17.7. The number of anilines is 1. The minimum atomic E-state index is -0.237. The van der Waals surface area contributed by atoms with Crippen molar-refractivity contribution in [1.29, 1.82) is 0 Å². The van der Waals surface area contributed by atoms with Gasteiger partial charge in [-0.15, -0.1) is 10.2 Å². The molecule has 7 N–H and O–H groups in total. The lowest BCUT2D eigenvalue weighted by Crippen LogP contribution is -2.24. The highest BCUT2D eigenvalue weighted by Crippen LogP contribution is 2.18. The van der Waals surface area contributed by atoms with Crippen LogP contribution < -0.4 is 27.4 Å². The Kier molecular flexibility index (Phi) is 11.2. The Bertz CT molecular complexity index is 1340. The maximum Gasteiger partial charge on any atom is 0.251 e. The van der Waals surface area contributed by atoms with E-state index < -0.39 is 0 Å². The lowest BCUT2D eigenvalue weighted by molar-refractivity contribution is -0.118. The van der Waals surface area contributed by atoms with E-state index in [4.69, 9.17) is 11.5 Å². The molecule has 0 saturated heterocycles. The molecule has 0 aliphatic rings. The van der Waals surface area contributed by atoms with E-state index >= 15 is 0 Å². The van der Waals surface area contributed by atoms with Gasteiger partial charge in [0.05, 0.1) is 6.42 Å². The number of hydrogen-bond acceptors (Lipinski definition) is 8. The molecule has 0 radical (unpaired) electrons. The minimum Gasteiger partial charge on any atom is -0.402 e. The molecule has 0 aliphatic heterocycles. The average Bonchev–Trinajstić information content (AvgIpc) is 3.35. The van der Waals surface area contributed by atoms with Gasteiger partial charge in [-0.05, 0) is 54.7 Å². The number of benzene rings is 2. The molecular weight excluding hydrogens is 514 g/mol. The second-order valence-electron chi connectivity index (χ2n) is 8.85. The van der Waals surface area contributed by atoms with Gasteiger partial charge in [0.1, 0.15) is 10.8 Å². The van der Waals surface area contributed by atoms with Crippen LogP contribution in [0.5, 0.6) is 0 Å². The van der Waals surface area contributed by atoms with Crippen molar-refractivity contribution < 1.29 is 14.4 Å². The van der Waals surface area contributed by atoms with Crippen LogP contribution in [0.4, 0.5) is 5.13 Å². The number of nitrogens with one attached hydrogen (secondary N) is 3. The molecule has 11 heteroatoms. The lowest BCUT2D eigenvalue weighted by atomic mass is 10.1. The van der Waals surface area contributed by atoms with Crippen molar-refractivity contribution in [3.63, 3.8) is 0 Å². The summed E-state index contributed by atoms with van der Waals surface area (Å²) in [5.74, 6) is -0.327. The molecule has 2 aromatic carbocycles. The van der Waals surface area contributed by atoms with Crippen LogP contribution in [0.25, 0.3) is 0 Å². The van der Waals surface area contributed by atoms with Gasteiger partial charge in [-0.2, -0.15) is 0 Å². The van der Waals surface area contributed by atoms with E-state index in [-0.39, 0.29) is 30.0 Å². The van der Waals surface area contributed by atoms with E-state index in [1.54, 1.807) is 24.3 Å². The summed E-state index contributed by atoms with van der Waals surface area (Å²) in [6.45, 7) is 1.75. The number of carbonyl (C=O) groups is 3. The predicted molar refractivity (Wildman–Crippen MR) is 152 cm³/mol.